The van der Waals surface area contributed by atoms with E-state index in [1.54, 1.807) is 102 Å². The van der Waals surface area contributed by atoms with Crippen molar-refractivity contribution < 1.29 is 64.5 Å². The molecule has 0 unspecified atom stereocenters. The molecule has 1 saturated carbocycles. The summed E-state index contributed by atoms with van der Waals surface area (Å²) in [5.74, 6) is -2.46. The Hall–Kier alpha value is -6.58. The molecule has 4 heterocycles. The average Bonchev–Trinajstić information content (AvgIpc) is 3.80. The molecule has 0 bridgehead atoms. The van der Waals surface area contributed by atoms with Crippen LogP contribution in [0.15, 0.2) is 109 Å². The van der Waals surface area contributed by atoms with Gasteiger partial charge in [-0.15, -0.1) is 0 Å². The second-order valence-electron chi connectivity index (χ2n) is 19.0. The first-order valence-electron chi connectivity index (χ1n) is 22.3. The number of para-hydroxylation sites is 2. The van der Waals surface area contributed by atoms with Gasteiger partial charge in [0.2, 0.25) is 11.2 Å². The highest BCUT2D eigenvalue weighted by atomic mass is 19.4. The molecule has 3 aliphatic rings. The van der Waals surface area contributed by atoms with Crippen LogP contribution in [0.1, 0.15) is 123 Å². The largest absolute Gasteiger partial charge is 0.443 e. The quantitative estimate of drug-likeness (QED) is 0.0957. The van der Waals surface area contributed by atoms with Gasteiger partial charge in [-0.2, -0.15) is 26.3 Å². The molecule has 2 aromatic heterocycles. The Morgan fingerprint density at radius 2 is 0.779 bits per heavy atom. The Morgan fingerprint density at radius 1 is 0.485 bits per heavy atom. The molecular weight excluding hydrogens is 895 g/mol. The maximum atomic E-state index is 14.4. The lowest BCUT2D eigenvalue weighted by Crippen LogP contribution is -2.51. The van der Waals surface area contributed by atoms with Crippen LogP contribution in [0.25, 0.3) is 21.8 Å². The van der Waals surface area contributed by atoms with Gasteiger partial charge in [0, 0.05) is 34.7 Å². The van der Waals surface area contributed by atoms with Gasteiger partial charge in [0.05, 0.1) is 11.0 Å². The summed E-state index contributed by atoms with van der Waals surface area (Å²) in [5.41, 5.74) is -7.56. The van der Waals surface area contributed by atoms with Crippen molar-refractivity contribution in [2.45, 2.75) is 128 Å². The number of fused-ring (bicyclic) bond motifs is 6. The number of benzene rings is 4. The summed E-state index contributed by atoms with van der Waals surface area (Å²) in [7, 11) is 0. The summed E-state index contributed by atoms with van der Waals surface area (Å²) < 4.78 is 109. The van der Waals surface area contributed by atoms with Crippen LogP contribution < -0.4 is 0 Å². The molecule has 1 aliphatic carbocycles. The third-order valence-electron chi connectivity index (χ3n) is 11.8. The Balaban J connectivity index is 0.000000179. The van der Waals surface area contributed by atoms with Crippen molar-refractivity contribution in [2.75, 3.05) is 0 Å². The van der Waals surface area contributed by atoms with E-state index in [0.717, 1.165) is 9.13 Å². The van der Waals surface area contributed by atoms with Crippen molar-refractivity contribution in [3.63, 3.8) is 0 Å². The minimum absolute atomic E-state index is 0.0962. The monoisotopic (exact) mass is 946 g/mol. The number of halogens is 6. The van der Waals surface area contributed by atoms with Gasteiger partial charge >= 0.3 is 36.5 Å². The summed E-state index contributed by atoms with van der Waals surface area (Å²) in [6, 6.07) is 26.9. The van der Waals surface area contributed by atoms with Gasteiger partial charge < -0.3 is 18.9 Å². The van der Waals surface area contributed by atoms with Crippen LogP contribution in [0.2, 0.25) is 0 Å². The van der Waals surface area contributed by atoms with Crippen molar-refractivity contribution in [3.05, 3.63) is 143 Å². The molecule has 360 valence electrons. The molecule has 9 rings (SSSR count). The SMILES string of the molecule is C1CCCCC1.CC(C)(C)OC(=O)n1c2c(c3ccccc31)C[C@@](c1ccccc1)(C(F)(F)F)OC2=O.CC(C)(C)OC(=O)n1c2c(c3ccccc31)C[C@](c1ccccc1)(C(F)(F)F)OC2=O. The van der Waals surface area contributed by atoms with E-state index < -0.39 is 71.7 Å². The van der Waals surface area contributed by atoms with E-state index in [1.807, 2.05) is 0 Å². The van der Waals surface area contributed by atoms with E-state index in [0.29, 0.717) is 10.8 Å². The third kappa shape index (κ3) is 9.59. The fraction of sp³-hybridized carbons (Fsp3) is 0.385. The molecule has 0 amide bonds. The van der Waals surface area contributed by atoms with Crippen LogP contribution in [0, 0.1) is 0 Å². The van der Waals surface area contributed by atoms with Crippen LogP contribution in [-0.4, -0.2) is 56.8 Å². The highest BCUT2D eigenvalue weighted by Gasteiger charge is 2.64. The lowest BCUT2D eigenvalue weighted by atomic mass is 9.83. The molecule has 4 aromatic carbocycles. The van der Waals surface area contributed by atoms with E-state index >= 15 is 0 Å². The molecule has 0 N–H and O–H groups in total. The summed E-state index contributed by atoms with van der Waals surface area (Å²) in [6.07, 6.45) is -3.79. The number of ether oxygens (including phenoxy) is 4. The summed E-state index contributed by atoms with van der Waals surface area (Å²) in [6.45, 7) is 9.95. The predicted octanol–water partition coefficient (Wildman–Crippen LogP) is 13.5. The zero-order valence-corrected chi connectivity index (χ0v) is 38.5. The molecule has 0 saturated heterocycles. The van der Waals surface area contributed by atoms with Crippen molar-refractivity contribution in [1.29, 1.82) is 0 Å². The minimum Gasteiger partial charge on any atom is -0.443 e. The fourth-order valence-corrected chi connectivity index (χ4v) is 8.82. The summed E-state index contributed by atoms with van der Waals surface area (Å²) in [5, 5.41) is 0.731. The van der Waals surface area contributed by atoms with Crippen LogP contribution >= 0.6 is 0 Å². The second-order valence-corrected chi connectivity index (χ2v) is 19.0. The number of carbonyl (C=O) groups is 4. The molecule has 2 atom stereocenters. The summed E-state index contributed by atoms with van der Waals surface area (Å²) in [4.78, 5) is 51.8. The predicted molar refractivity (Wildman–Crippen MR) is 241 cm³/mol. The van der Waals surface area contributed by atoms with Crippen molar-refractivity contribution in [3.8, 4) is 0 Å². The normalized spacial score (nSPS) is 19.5. The number of esters is 2. The second kappa shape index (κ2) is 18.5. The lowest BCUT2D eigenvalue weighted by molar-refractivity contribution is -0.267. The van der Waals surface area contributed by atoms with Gasteiger partial charge in [-0.1, -0.05) is 136 Å². The van der Waals surface area contributed by atoms with E-state index in [-0.39, 0.29) is 44.7 Å². The first-order chi connectivity index (χ1) is 31.9. The molecular formula is C52H52F6N2O8. The molecule has 0 radical (unpaired) electrons. The van der Waals surface area contributed by atoms with Gasteiger partial charge in [-0.25, -0.2) is 28.3 Å². The minimum atomic E-state index is -4.88. The number of hydrogen-bond donors (Lipinski definition) is 0. The molecule has 16 heteroatoms. The topological polar surface area (TPSA) is 115 Å². The highest BCUT2D eigenvalue weighted by Crippen LogP contribution is 2.51. The Kier molecular flexibility index (Phi) is 13.4. The van der Waals surface area contributed by atoms with E-state index in [9.17, 15) is 45.5 Å². The van der Waals surface area contributed by atoms with E-state index in [2.05, 4.69) is 0 Å². The van der Waals surface area contributed by atoms with E-state index in [4.69, 9.17) is 18.9 Å². The number of alkyl halides is 6. The Bertz CT molecular complexity index is 2630. The number of carbonyl (C=O) groups excluding carboxylic acids is 4. The van der Waals surface area contributed by atoms with Gasteiger partial charge in [-0.3, -0.25) is 0 Å². The van der Waals surface area contributed by atoms with Crippen LogP contribution in [0.3, 0.4) is 0 Å². The Morgan fingerprint density at radius 3 is 1.07 bits per heavy atom. The molecule has 6 aromatic rings. The lowest BCUT2D eigenvalue weighted by Gasteiger charge is -2.38. The smallest absolute Gasteiger partial charge is 0.433 e. The molecule has 10 nitrogen and oxygen atoms in total. The highest BCUT2D eigenvalue weighted by molar-refractivity contribution is 6.06. The zero-order valence-electron chi connectivity index (χ0n) is 38.5. The summed E-state index contributed by atoms with van der Waals surface area (Å²) >= 11 is 0. The van der Waals surface area contributed by atoms with Crippen LogP contribution in [0.4, 0.5) is 35.9 Å². The van der Waals surface area contributed by atoms with Crippen LogP contribution in [-0.2, 0) is 43.0 Å². The first kappa shape index (κ1) is 49.3. The number of cyclic esters (lactones) is 2. The standard InChI is InChI=1S/2C23H20F3NO4.C6H12/c2*1-21(2,3)31-20(29)27-17-12-8-7-11-15(17)16-13-22(23(24,25)26,30-19(28)18(16)27)14-9-5-4-6-10-14;1-2-4-6-5-3-1/h2*4-12H,13H2,1-3H3;1-6H2/t2*22-;/m10./s1. The van der Waals surface area contributed by atoms with Crippen molar-refractivity contribution in [2.24, 2.45) is 0 Å². The maximum absolute atomic E-state index is 14.4. The number of rotatable bonds is 2. The number of aromatic nitrogens is 2. The van der Waals surface area contributed by atoms with Crippen LogP contribution in [0.5, 0.6) is 0 Å². The van der Waals surface area contributed by atoms with Crippen molar-refractivity contribution >= 4 is 45.9 Å². The van der Waals surface area contributed by atoms with Crippen molar-refractivity contribution in [1.82, 2.24) is 9.13 Å². The maximum Gasteiger partial charge on any atom is 0.433 e. The number of nitrogens with zero attached hydrogens (tertiary/aromatic N) is 2. The molecule has 0 spiro atoms. The molecule has 2 aliphatic heterocycles. The van der Waals surface area contributed by atoms with Gasteiger partial charge in [-0.05, 0) is 64.8 Å². The number of hydrogen-bond acceptors (Lipinski definition) is 8. The van der Waals surface area contributed by atoms with E-state index in [1.165, 1.54) is 87.1 Å². The third-order valence-corrected chi connectivity index (χ3v) is 11.8. The van der Waals surface area contributed by atoms with Gasteiger partial charge in [0.25, 0.3) is 0 Å². The van der Waals surface area contributed by atoms with Gasteiger partial charge in [0.1, 0.15) is 22.6 Å². The Labute approximate surface area is 389 Å². The van der Waals surface area contributed by atoms with Gasteiger partial charge in [0.15, 0.2) is 0 Å². The first-order valence-corrected chi connectivity index (χ1v) is 22.3. The molecule has 68 heavy (non-hydrogen) atoms. The molecule has 1 fully saturated rings. The zero-order chi connectivity index (χ0) is 49.5. The average molecular weight is 947 g/mol. The fourth-order valence-electron chi connectivity index (χ4n) is 8.82.